The van der Waals surface area contributed by atoms with Crippen LogP contribution in [0.5, 0.6) is 5.75 Å². The number of carbonyl (C=O) groups excluding carboxylic acids is 1. The average Bonchev–Trinajstić information content (AvgIpc) is 3.31. The van der Waals surface area contributed by atoms with Crippen LogP contribution in [-0.4, -0.2) is 63.5 Å². The molecule has 9 nitrogen and oxygen atoms in total. The molecule has 0 saturated carbocycles. The van der Waals surface area contributed by atoms with Crippen LogP contribution < -0.4 is 15.4 Å². The highest BCUT2D eigenvalue weighted by Gasteiger charge is 2.20. The summed E-state index contributed by atoms with van der Waals surface area (Å²) < 4.78 is 5.62. The van der Waals surface area contributed by atoms with Crippen molar-refractivity contribution in [1.82, 2.24) is 24.8 Å². The number of pyridine rings is 2. The van der Waals surface area contributed by atoms with Gasteiger partial charge in [0.2, 0.25) is 0 Å². The smallest absolute Gasteiger partial charge is 0.262 e. The third-order valence-corrected chi connectivity index (χ3v) is 6.28. The average molecular weight is 492 g/mol. The number of hydrogen-bond donors (Lipinski definition) is 3. The minimum absolute atomic E-state index is 0.0965. The van der Waals surface area contributed by atoms with Crippen molar-refractivity contribution in [2.45, 2.75) is 18.9 Å². The molecule has 35 heavy (non-hydrogen) atoms. The molecule has 1 fully saturated rings. The minimum Gasteiger partial charge on any atom is -0.484 e. The number of piperidine rings is 1. The molecule has 5 rings (SSSR count). The Morgan fingerprint density at radius 2 is 1.91 bits per heavy atom. The molecule has 1 aliphatic heterocycles. The molecule has 4 heterocycles. The van der Waals surface area contributed by atoms with Crippen LogP contribution in [0.3, 0.4) is 0 Å². The number of halogens is 1. The number of benzene rings is 1. The van der Waals surface area contributed by atoms with Crippen molar-refractivity contribution in [1.29, 1.82) is 0 Å². The van der Waals surface area contributed by atoms with Gasteiger partial charge in [0.15, 0.2) is 12.3 Å². The van der Waals surface area contributed by atoms with Crippen LogP contribution in [0.1, 0.15) is 12.8 Å². The van der Waals surface area contributed by atoms with E-state index in [1.54, 1.807) is 42.9 Å². The molecule has 3 aromatic heterocycles. The summed E-state index contributed by atoms with van der Waals surface area (Å²) >= 11 is 6.50. The molecule has 180 valence electrons. The van der Waals surface area contributed by atoms with E-state index in [0.29, 0.717) is 34.0 Å². The summed E-state index contributed by atoms with van der Waals surface area (Å²) in [7, 11) is 2.14. The summed E-state index contributed by atoms with van der Waals surface area (Å²) in [6.45, 7) is 2.00. The summed E-state index contributed by atoms with van der Waals surface area (Å²) in [5.74, 6) is 1.02. The second kappa shape index (κ2) is 10.3. The van der Waals surface area contributed by atoms with Crippen LogP contribution in [0.4, 0.5) is 11.4 Å². The number of carbonyl (C=O) groups is 1. The maximum absolute atomic E-state index is 12.1. The number of aromatic amines is 1. The minimum atomic E-state index is -0.245. The highest BCUT2D eigenvalue weighted by Crippen LogP contribution is 2.32. The number of anilines is 2. The van der Waals surface area contributed by atoms with Gasteiger partial charge >= 0.3 is 0 Å². The van der Waals surface area contributed by atoms with Crippen LogP contribution in [-0.2, 0) is 4.79 Å². The zero-order valence-corrected chi connectivity index (χ0v) is 20.0. The van der Waals surface area contributed by atoms with E-state index < -0.39 is 0 Å². The fraction of sp³-hybridized carbons (Fsp3) is 0.280. The lowest BCUT2D eigenvalue weighted by molar-refractivity contribution is -0.118. The van der Waals surface area contributed by atoms with E-state index in [4.69, 9.17) is 21.3 Å². The van der Waals surface area contributed by atoms with Gasteiger partial charge in [-0.05, 0) is 69.4 Å². The number of fused-ring (bicyclic) bond motifs is 1. The molecule has 0 atom stereocenters. The maximum Gasteiger partial charge on any atom is 0.262 e. The van der Waals surface area contributed by atoms with Crippen molar-refractivity contribution >= 4 is 40.0 Å². The second-order valence-electron chi connectivity index (χ2n) is 8.58. The highest BCUT2D eigenvalue weighted by atomic mass is 35.5. The van der Waals surface area contributed by atoms with E-state index >= 15 is 0 Å². The number of rotatable bonds is 7. The first-order chi connectivity index (χ1) is 17.0. The van der Waals surface area contributed by atoms with Gasteiger partial charge in [0.1, 0.15) is 17.1 Å². The first-order valence-corrected chi connectivity index (χ1v) is 11.9. The van der Waals surface area contributed by atoms with E-state index in [0.717, 1.165) is 42.7 Å². The summed E-state index contributed by atoms with van der Waals surface area (Å²) in [6.07, 6.45) is 6.98. The highest BCUT2D eigenvalue weighted by molar-refractivity contribution is 6.34. The molecular formula is C25H26ClN7O2. The number of nitrogens with one attached hydrogen (secondary N) is 3. The molecular weight excluding hydrogens is 466 g/mol. The number of H-pyrrole nitrogens is 1. The first-order valence-electron chi connectivity index (χ1n) is 11.5. The summed E-state index contributed by atoms with van der Waals surface area (Å²) in [5.41, 5.74) is 3.76. The third-order valence-electron chi connectivity index (χ3n) is 6.00. The molecule has 0 bridgehead atoms. The second-order valence-corrected chi connectivity index (χ2v) is 8.99. The van der Waals surface area contributed by atoms with Gasteiger partial charge in [-0.15, -0.1) is 0 Å². The molecule has 0 spiro atoms. The third kappa shape index (κ3) is 5.52. The Balaban J connectivity index is 1.26. The van der Waals surface area contributed by atoms with Crippen molar-refractivity contribution in [2.24, 2.45) is 0 Å². The molecule has 1 amide bonds. The Bertz CT molecular complexity index is 1300. The van der Waals surface area contributed by atoms with Crippen LogP contribution in [0.25, 0.3) is 22.6 Å². The van der Waals surface area contributed by atoms with Crippen LogP contribution >= 0.6 is 11.6 Å². The van der Waals surface area contributed by atoms with Crippen molar-refractivity contribution in [3.8, 4) is 17.1 Å². The molecule has 3 N–H and O–H groups in total. The Kier molecular flexibility index (Phi) is 6.78. The van der Waals surface area contributed by atoms with Crippen molar-refractivity contribution in [3.05, 3.63) is 60.0 Å². The lowest BCUT2D eigenvalue weighted by Gasteiger charge is -2.30. The normalized spacial score (nSPS) is 14.7. The van der Waals surface area contributed by atoms with Gasteiger partial charge in [0.05, 0.1) is 16.9 Å². The Labute approximate surface area is 207 Å². The molecule has 4 aromatic rings. The number of imidazole rings is 1. The predicted molar refractivity (Wildman–Crippen MR) is 137 cm³/mol. The fourth-order valence-corrected chi connectivity index (χ4v) is 4.24. The number of hydrogen-bond acceptors (Lipinski definition) is 7. The van der Waals surface area contributed by atoms with Crippen molar-refractivity contribution in [3.63, 3.8) is 0 Å². The van der Waals surface area contributed by atoms with Gasteiger partial charge in [-0.1, -0.05) is 11.6 Å². The summed E-state index contributed by atoms with van der Waals surface area (Å²) in [5, 5.41) is 6.91. The summed E-state index contributed by atoms with van der Waals surface area (Å²) in [6, 6.07) is 11.2. The summed E-state index contributed by atoms with van der Waals surface area (Å²) in [4.78, 5) is 30.8. The first kappa shape index (κ1) is 23.1. The monoisotopic (exact) mass is 491 g/mol. The van der Waals surface area contributed by atoms with Gasteiger partial charge < -0.3 is 25.3 Å². The lowest BCUT2D eigenvalue weighted by Crippen LogP contribution is -2.36. The zero-order valence-electron chi connectivity index (χ0n) is 19.3. The number of aromatic nitrogens is 4. The molecule has 10 heteroatoms. The van der Waals surface area contributed by atoms with Crippen LogP contribution in [0.15, 0.2) is 55.0 Å². The topological polar surface area (TPSA) is 108 Å². The predicted octanol–water partition coefficient (Wildman–Crippen LogP) is 4.20. The molecule has 0 aliphatic carbocycles. The van der Waals surface area contributed by atoms with E-state index in [9.17, 15) is 4.79 Å². The molecule has 0 unspecified atom stereocenters. The Hall–Kier alpha value is -3.69. The van der Waals surface area contributed by atoms with Crippen molar-refractivity contribution in [2.75, 3.05) is 37.4 Å². The quantitative estimate of drug-likeness (QED) is 0.355. The molecule has 1 aliphatic rings. The van der Waals surface area contributed by atoms with E-state index in [1.807, 2.05) is 12.1 Å². The largest absolute Gasteiger partial charge is 0.484 e. The maximum atomic E-state index is 12.1. The number of ether oxygens (including phenoxy) is 1. The van der Waals surface area contributed by atoms with Crippen LogP contribution in [0.2, 0.25) is 5.02 Å². The Morgan fingerprint density at radius 3 is 2.66 bits per heavy atom. The standard InChI is InChI=1S/C25H26ClN7O2/c1-33-12-8-18(9-13-33)30-22-20(26)14-28-25-23(22)31-24(32-25)16-2-4-19(5-3-16)35-15-21(34)29-17-6-10-27-11-7-17/h2-7,10-11,14,18H,8-9,12-13,15H2,1H3,(H,27,29,34)(H2,28,30,31,32). The molecule has 1 aromatic carbocycles. The SMILES string of the molecule is CN1CCC(Nc2c(Cl)cnc3[nH]c(-c4ccc(OCC(=O)Nc5ccncc5)cc4)nc23)CC1. The van der Waals surface area contributed by atoms with Gasteiger partial charge in [0.25, 0.3) is 5.91 Å². The van der Waals surface area contributed by atoms with Crippen molar-refractivity contribution < 1.29 is 9.53 Å². The fourth-order valence-electron chi connectivity index (χ4n) is 4.05. The van der Waals surface area contributed by atoms with Gasteiger partial charge in [-0.3, -0.25) is 9.78 Å². The van der Waals surface area contributed by atoms with E-state index in [1.165, 1.54) is 0 Å². The van der Waals surface area contributed by atoms with Gasteiger partial charge in [0, 0.05) is 29.7 Å². The van der Waals surface area contributed by atoms with E-state index in [2.05, 4.69) is 37.5 Å². The van der Waals surface area contributed by atoms with Crippen LogP contribution in [0, 0.1) is 0 Å². The molecule has 1 saturated heterocycles. The molecule has 0 radical (unpaired) electrons. The zero-order chi connectivity index (χ0) is 24.2. The Morgan fingerprint density at radius 1 is 1.17 bits per heavy atom. The van der Waals surface area contributed by atoms with Gasteiger partial charge in [-0.2, -0.15) is 0 Å². The lowest BCUT2D eigenvalue weighted by atomic mass is 10.1. The number of likely N-dealkylation sites (tertiary alicyclic amines) is 1. The van der Waals surface area contributed by atoms with E-state index in [-0.39, 0.29) is 12.5 Å². The number of amides is 1. The number of nitrogens with zero attached hydrogens (tertiary/aromatic N) is 4. The van der Waals surface area contributed by atoms with Gasteiger partial charge in [-0.25, -0.2) is 9.97 Å².